The smallest absolute Gasteiger partial charge is 0.227 e. The maximum Gasteiger partial charge on any atom is 0.227 e. The molecule has 2 aromatic heterocycles. The molecule has 0 aliphatic heterocycles. The fraction of sp³-hybridized carbons (Fsp3) is 0.417. The van der Waals surface area contributed by atoms with Crippen LogP contribution in [0.15, 0.2) is 16.7 Å². The normalized spacial score (nSPS) is 11.8. The number of aromatic nitrogens is 3. The van der Waals surface area contributed by atoms with Crippen molar-refractivity contribution in [2.75, 3.05) is 7.05 Å². The molecule has 0 fully saturated rings. The lowest BCUT2D eigenvalue weighted by Gasteiger charge is -2.23. The van der Waals surface area contributed by atoms with E-state index in [2.05, 4.69) is 31.2 Å². The fourth-order valence-electron chi connectivity index (χ4n) is 1.97. The molecule has 2 N–H and O–H groups in total. The summed E-state index contributed by atoms with van der Waals surface area (Å²) in [5, 5.41) is 2.67. The largest absolute Gasteiger partial charge is 0.359 e. The first kappa shape index (κ1) is 14.2. The quantitative estimate of drug-likeness (QED) is 0.843. The van der Waals surface area contributed by atoms with Gasteiger partial charge in [-0.2, -0.15) is 0 Å². The van der Waals surface area contributed by atoms with Crippen LogP contribution in [0, 0.1) is 10.2 Å². The topological polar surface area (TPSA) is 62.7 Å². The molecule has 0 spiro atoms. The van der Waals surface area contributed by atoms with Crippen LogP contribution in [0.3, 0.4) is 0 Å². The summed E-state index contributed by atoms with van der Waals surface area (Å²) in [6.07, 6.45) is 1.72. The van der Waals surface area contributed by atoms with Gasteiger partial charge in [-0.1, -0.05) is 0 Å². The Morgan fingerprint density at radius 2 is 2.32 bits per heavy atom. The Bertz CT molecular complexity index is 689. The van der Waals surface area contributed by atoms with Crippen LogP contribution in [-0.2, 0) is 11.3 Å². The molecule has 0 aliphatic rings. The minimum absolute atomic E-state index is 0.0270. The zero-order valence-electron chi connectivity index (χ0n) is 11.0. The number of halogens is 1. The molecule has 1 amide bonds. The summed E-state index contributed by atoms with van der Waals surface area (Å²) in [4.78, 5) is 19.3. The third kappa shape index (κ3) is 2.71. The first-order valence-corrected chi connectivity index (χ1v) is 7.01. The molecule has 0 aromatic carbocycles. The van der Waals surface area contributed by atoms with Crippen molar-refractivity contribution in [3.63, 3.8) is 0 Å². The van der Waals surface area contributed by atoms with E-state index >= 15 is 0 Å². The molecule has 0 saturated carbocycles. The number of carbonyl (C=O) groups excluding carboxylic acids is 1. The van der Waals surface area contributed by atoms with E-state index in [0.717, 1.165) is 15.6 Å². The predicted molar refractivity (Wildman–Crippen MR) is 80.5 cm³/mol. The van der Waals surface area contributed by atoms with E-state index in [0.29, 0.717) is 11.3 Å². The van der Waals surface area contributed by atoms with Crippen molar-refractivity contribution >= 4 is 45.2 Å². The molecule has 102 valence electrons. The van der Waals surface area contributed by atoms with Gasteiger partial charge in [-0.15, -0.1) is 0 Å². The lowest BCUT2D eigenvalue weighted by Crippen LogP contribution is -2.37. The lowest BCUT2D eigenvalue weighted by molar-refractivity contribution is -0.129. The summed E-state index contributed by atoms with van der Waals surface area (Å²) in [6.45, 7) is 4.23. The number of carbonyl (C=O) groups is 1. The summed E-state index contributed by atoms with van der Waals surface area (Å²) in [5.41, 5.74) is 1.05. The van der Waals surface area contributed by atoms with Gasteiger partial charge < -0.3 is 14.9 Å². The van der Waals surface area contributed by atoms with Crippen molar-refractivity contribution in [3.8, 4) is 0 Å². The van der Waals surface area contributed by atoms with E-state index in [1.165, 1.54) is 0 Å². The number of rotatable bonds is 3. The van der Waals surface area contributed by atoms with Gasteiger partial charge in [-0.05, 0) is 48.1 Å². The Morgan fingerprint density at radius 3 is 2.95 bits per heavy atom. The molecular weight excluding hydrogens is 328 g/mol. The van der Waals surface area contributed by atoms with Gasteiger partial charge in [-0.25, -0.2) is 4.98 Å². The molecule has 0 atom stereocenters. The number of pyridine rings is 1. The Hall–Kier alpha value is -1.21. The molecule has 7 heteroatoms. The summed E-state index contributed by atoms with van der Waals surface area (Å²) in [7, 11) is 1.63. The second kappa shape index (κ2) is 5.05. The number of aromatic amines is 1. The molecule has 2 heterocycles. The average Bonchev–Trinajstić information content (AvgIpc) is 2.63. The van der Waals surface area contributed by atoms with Crippen LogP contribution in [0.25, 0.3) is 11.2 Å². The van der Waals surface area contributed by atoms with Crippen molar-refractivity contribution < 1.29 is 4.79 Å². The monoisotopic (exact) mass is 342 g/mol. The summed E-state index contributed by atoms with van der Waals surface area (Å²) in [6, 6.07) is 1.92. The van der Waals surface area contributed by atoms with Gasteiger partial charge >= 0.3 is 0 Å². The van der Waals surface area contributed by atoms with Gasteiger partial charge in [-0.3, -0.25) is 4.79 Å². The molecule has 2 aromatic rings. The van der Waals surface area contributed by atoms with Gasteiger partial charge in [0.1, 0.15) is 0 Å². The van der Waals surface area contributed by atoms with Crippen LogP contribution in [-0.4, -0.2) is 27.5 Å². The number of amides is 1. The van der Waals surface area contributed by atoms with Crippen molar-refractivity contribution in [1.82, 2.24) is 19.9 Å². The first-order valence-electron chi connectivity index (χ1n) is 5.81. The standard InChI is InChI=1S/C12H15BrN4OS/c1-12(2,10(18)14-3)6-17-9-8(16-11(17)19)4-7(13)5-15-9/h4-5H,6H2,1-3H3,(H,14,18)(H,16,19). The minimum atomic E-state index is -0.559. The number of fused-ring (bicyclic) bond motifs is 1. The highest BCUT2D eigenvalue weighted by Crippen LogP contribution is 2.23. The molecule has 0 radical (unpaired) electrons. The van der Waals surface area contributed by atoms with Gasteiger partial charge in [0.2, 0.25) is 5.91 Å². The SMILES string of the molecule is CNC(=O)C(C)(C)Cn1c(=S)[nH]c2cc(Br)cnc21. The van der Waals surface area contributed by atoms with Crippen LogP contribution >= 0.6 is 28.1 Å². The summed E-state index contributed by atoms with van der Waals surface area (Å²) < 4.78 is 3.30. The Kier molecular flexibility index (Phi) is 3.78. The Morgan fingerprint density at radius 1 is 1.63 bits per heavy atom. The highest BCUT2D eigenvalue weighted by atomic mass is 79.9. The van der Waals surface area contributed by atoms with Crippen molar-refractivity contribution in [2.24, 2.45) is 5.41 Å². The minimum Gasteiger partial charge on any atom is -0.359 e. The highest BCUT2D eigenvalue weighted by Gasteiger charge is 2.28. The zero-order valence-corrected chi connectivity index (χ0v) is 13.4. The third-order valence-electron chi connectivity index (χ3n) is 2.97. The van der Waals surface area contributed by atoms with Crippen molar-refractivity contribution in [2.45, 2.75) is 20.4 Å². The van der Waals surface area contributed by atoms with E-state index in [9.17, 15) is 4.79 Å². The van der Waals surface area contributed by atoms with Crippen LogP contribution in [0.2, 0.25) is 0 Å². The van der Waals surface area contributed by atoms with E-state index < -0.39 is 5.41 Å². The van der Waals surface area contributed by atoms with Gasteiger partial charge in [0.25, 0.3) is 0 Å². The molecule has 2 rings (SSSR count). The fourth-order valence-corrected chi connectivity index (χ4v) is 2.56. The maximum absolute atomic E-state index is 11.9. The second-order valence-corrected chi connectivity index (χ2v) is 6.31. The zero-order chi connectivity index (χ0) is 14.2. The van der Waals surface area contributed by atoms with Crippen molar-refractivity contribution in [3.05, 3.63) is 21.5 Å². The summed E-state index contributed by atoms with van der Waals surface area (Å²) in [5.74, 6) is -0.0270. The van der Waals surface area contributed by atoms with E-state index in [-0.39, 0.29) is 5.91 Å². The van der Waals surface area contributed by atoms with Crippen LogP contribution in [0.5, 0.6) is 0 Å². The van der Waals surface area contributed by atoms with Gasteiger partial charge in [0.05, 0.1) is 10.9 Å². The number of imidazole rings is 1. The van der Waals surface area contributed by atoms with E-state index in [1.54, 1.807) is 13.2 Å². The van der Waals surface area contributed by atoms with E-state index in [1.807, 2.05) is 24.5 Å². The summed E-state index contributed by atoms with van der Waals surface area (Å²) >= 11 is 8.68. The first-order chi connectivity index (χ1) is 8.85. The molecule has 5 nitrogen and oxygen atoms in total. The van der Waals surface area contributed by atoms with Crippen molar-refractivity contribution in [1.29, 1.82) is 0 Å². The average molecular weight is 343 g/mol. The second-order valence-electron chi connectivity index (χ2n) is 5.00. The maximum atomic E-state index is 11.9. The van der Waals surface area contributed by atoms with Gasteiger partial charge in [0.15, 0.2) is 10.4 Å². The molecular formula is C12H15BrN4OS. The van der Waals surface area contributed by atoms with Crippen LogP contribution in [0.4, 0.5) is 0 Å². The highest BCUT2D eigenvalue weighted by molar-refractivity contribution is 9.10. The van der Waals surface area contributed by atoms with Crippen LogP contribution < -0.4 is 5.32 Å². The molecule has 0 aliphatic carbocycles. The Labute approximate surface area is 124 Å². The van der Waals surface area contributed by atoms with Gasteiger partial charge in [0, 0.05) is 24.3 Å². The molecule has 0 unspecified atom stereocenters. The number of H-pyrrole nitrogens is 1. The third-order valence-corrected chi connectivity index (χ3v) is 3.73. The molecule has 19 heavy (non-hydrogen) atoms. The van der Waals surface area contributed by atoms with Crippen LogP contribution in [0.1, 0.15) is 13.8 Å². The Balaban J connectivity index is 2.49. The predicted octanol–water partition coefficient (Wildman–Crippen LogP) is 2.63. The molecule has 0 bridgehead atoms. The number of hydrogen-bond donors (Lipinski definition) is 2. The number of nitrogens with zero attached hydrogens (tertiary/aromatic N) is 2. The molecule has 0 saturated heterocycles. The number of hydrogen-bond acceptors (Lipinski definition) is 3. The lowest BCUT2D eigenvalue weighted by atomic mass is 9.92. The number of nitrogens with one attached hydrogen (secondary N) is 2. The van der Waals surface area contributed by atoms with E-state index in [4.69, 9.17) is 12.2 Å².